The summed E-state index contributed by atoms with van der Waals surface area (Å²) in [6, 6.07) is 0. The van der Waals surface area contributed by atoms with E-state index in [1.54, 1.807) is 0 Å². The Hall–Kier alpha value is 1.19. The van der Waals surface area contributed by atoms with Crippen molar-refractivity contribution < 1.29 is 17.9 Å². The van der Waals surface area contributed by atoms with Crippen LogP contribution in [0.3, 0.4) is 0 Å². The van der Waals surface area contributed by atoms with E-state index in [2.05, 4.69) is 15.7 Å². The van der Waals surface area contributed by atoms with Crippen LogP contribution in [0.5, 0.6) is 0 Å². The SMILES string of the molecule is Br.[CH3][Ti]([CH3])[CH3]. The van der Waals surface area contributed by atoms with Gasteiger partial charge < -0.3 is 0 Å². The molecule has 0 aliphatic carbocycles. The summed E-state index contributed by atoms with van der Waals surface area (Å²) in [7, 11) is 0. The van der Waals surface area contributed by atoms with E-state index in [9.17, 15) is 0 Å². The van der Waals surface area contributed by atoms with Crippen molar-refractivity contribution in [2.75, 3.05) is 0 Å². The van der Waals surface area contributed by atoms with E-state index in [1.807, 2.05) is 0 Å². The molecule has 0 nitrogen and oxygen atoms in total. The van der Waals surface area contributed by atoms with Gasteiger partial charge in [0.2, 0.25) is 0 Å². The van der Waals surface area contributed by atoms with Crippen molar-refractivity contribution in [2.24, 2.45) is 0 Å². The van der Waals surface area contributed by atoms with Gasteiger partial charge in [-0.2, -0.15) is 0 Å². The molecule has 0 radical (unpaired) electrons. The third-order valence-electron chi connectivity index (χ3n) is 0. The summed E-state index contributed by atoms with van der Waals surface area (Å²) in [5.41, 5.74) is 0. The fourth-order valence-electron chi connectivity index (χ4n) is 0. The van der Waals surface area contributed by atoms with Crippen LogP contribution < -0.4 is 0 Å². The predicted octanol–water partition coefficient (Wildman–Crippen LogP) is 2.33. The van der Waals surface area contributed by atoms with Crippen molar-refractivity contribution >= 4 is 17.0 Å². The van der Waals surface area contributed by atoms with E-state index in [0.717, 1.165) is 0 Å². The molecule has 0 N–H and O–H groups in total. The molecule has 0 fully saturated rings. The van der Waals surface area contributed by atoms with E-state index in [0.29, 0.717) is 0 Å². The average Bonchev–Trinajstić information content (AvgIpc) is 0.811. The molecule has 0 heterocycles. The first-order chi connectivity index (χ1) is 1.73. The Labute approximate surface area is 50.6 Å². The average molecular weight is 174 g/mol. The molecule has 0 saturated heterocycles. The second-order valence-corrected chi connectivity index (χ2v) is 6.18. The zero-order valence-electron chi connectivity index (χ0n) is 3.91. The van der Waals surface area contributed by atoms with Crippen LogP contribution in [0.25, 0.3) is 0 Å². The van der Waals surface area contributed by atoms with Gasteiger partial charge in [-0.1, -0.05) is 0 Å². The number of hydrogen-bond acceptors (Lipinski definition) is 0. The van der Waals surface area contributed by atoms with Gasteiger partial charge in [-0.05, 0) is 0 Å². The van der Waals surface area contributed by atoms with Gasteiger partial charge in [-0.25, -0.2) is 0 Å². The maximum absolute atomic E-state index is 2.33. The van der Waals surface area contributed by atoms with Gasteiger partial charge in [0.25, 0.3) is 0 Å². The summed E-state index contributed by atoms with van der Waals surface area (Å²) in [5.74, 6) is 0. The number of hydrogen-bond donors (Lipinski definition) is 0. The molecule has 0 spiro atoms. The van der Waals surface area contributed by atoms with Gasteiger partial charge in [0.05, 0.1) is 0 Å². The van der Waals surface area contributed by atoms with E-state index in [1.165, 1.54) is 0 Å². The fraction of sp³-hybridized carbons (Fsp3) is 1.00. The molecule has 0 amide bonds. The molecule has 33 valence electrons. The van der Waals surface area contributed by atoms with E-state index in [4.69, 9.17) is 0 Å². The van der Waals surface area contributed by atoms with Crippen LogP contribution in [-0.2, 0) is 17.9 Å². The normalized spacial score (nSPS) is 5.40. The standard InChI is InChI=1S/3CH3.BrH.Ti/h3*1H3;1H;. The minimum atomic E-state index is -0.333. The fourth-order valence-corrected chi connectivity index (χ4v) is 0. The molecule has 0 aliphatic rings. The summed E-state index contributed by atoms with van der Waals surface area (Å²) in [4.78, 5) is 0. The van der Waals surface area contributed by atoms with Crippen molar-refractivity contribution in [3.8, 4) is 0 Å². The molecule has 0 bridgehead atoms. The Morgan fingerprint density at radius 2 is 1.00 bits per heavy atom. The Balaban J connectivity index is 0. The summed E-state index contributed by atoms with van der Waals surface area (Å²) >= 11 is -0.333. The molecule has 0 aromatic heterocycles. The Morgan fingerprint density at radius 3 is 1.00 bits per heavy atom. The van der Waals surface area contributed by atoms with E-state index in [-0.39, 0.29) is 34.9 Å². The first-order valence-electron chi connectivity index (χ1n) is 1.50. The van der Waals surface area contributed by atoms with E-state index >= 15 is 0 Å². The van der Waals surface area contributed by atoms with Gasteiger partial charge in [-0.3, -0.25) is 0 Å². The van der Waals surface area contributed by atoms with Gasteiger partial charge in [0.1, 0.15) is 0 Å². The van der Waals surface area contributed by atoms with Gasteiger partial charge >= 0.3 is 33.6 Å². The molecule has 0 aliphatic heterocycles. The van der Waals surface area contributed by atoms with Crippen LogP contribution in [0.2, 0.25) is 15.7 Å². The molecule has 5 heavy (non-hydrogen) atoms. The molecule has 0 unspecified atom stereocenters. The maximum atomic E-state index is 2.33. The summed E-state index contributed by atoms with van der Waals surface area (Å²) in [6.07, 6.45) is 0. The monoisotopic (exact) mass is 173 g/mol. The van der Waals surface area contributed by atoms with Crippen LogP contribution in [-0.4, -0.2) is 0 Å². The second kappa shape index (κ2) is 5.19. The third-order valence-corrected chi connectivity index (χ3v) is 0. The van der Waals surface area contributed by atoms with Crippen LogP contribution in [0.1, 0.15) is 0 Å². The molecule has 2 heteroatoms. The van der Waals surface area contributed by atoms with Crippen LogP contribution >= 0.6 is 17.0 Å². The van der Waals surface area contributed by atoms with Crippen molar-refractivity contribution in [3.05, 3.63) is 0 Å². The van der Waals surface area contributed by atoms with Crippen molar-refractivity contribution in [1.82, 2.24) is 0 Å². The first-order valence-corrected chi connectivity index (χ1v) is 6.18. The van der Waals surface area contributed by atoms with Crippen molar-refractivity contribution in [3.63, 3.8) is 0 Å². The second-order valence-electron chi connectivity index (χ2n) is 1.50. The summed E-state index contributed by atoms with van der Waals surface area (Å²) in [5, 5.41) is 7.00. The molecule has 0 rings (SSSR count). The van der Waals surface area contributed by atoms with Crippen LogP contribution in [0, 0.1) is 0 Å². The quantitative estimate of drug-likeness (QED) is 0.494. The van der Waals surface area contributed by atoms with Crippen molar-refractivity contribution in [1.29, 1.82) is 0 Å². The minimum absolute atomic E-state index is 0. The zero-order valence-corrected chi connectivity index (χ0v) is 7.18. The van der Waals surface area contributed by atoms with Crippen molar-refractivity contribution in [2.45, 2.75) is 15.7 Å². The molecular formula is C3H10BrTi. The van der Waals surface area contributed by atoms with Gasteiger partial charge in [0, 0.05) is 0 Å². The Kier molecular flexibility index (Phi) is 9.87. The van der Waals surface area contributed by atoms with Gasteiger partial charge in [-0.15, -0.1) is 17.0 Å². The number of halogens is 1. The van der Waals surface area contributed by atoms with Gasteiger partial charge in [0.15, 0.2) is 0 Å². The molecule has 0 aromatic carbocycles. The number of rotatable bonds is 0. The van der Waals surface area contributed by atoms with E-state index < -0.39 is 0 Å². The zero-order chi connectivity index (χ0) is 3.58. The van der Waals surface area contributed by atoms with Crippen LogP contribution in [0.15, 0.2) is 0 Å². The molecular weight excluding hydrogens is 164 g/mol. The van der Waals surface area contributed by atoms with Crippen LogP contribution in [0.4, 0.5) is 0 Å². The molecule has 0 saturated carbocycles. The Bertz CT molecular complexity index is 11.6. The predicted molar refractivity (Wildman–Crippen MR) is 27.9 cm³/mol. The molecule has 0 atom stereocenters. The summed E-state index contributed by atoms with van der Waals surface area (Å²) < 4.78 is 0. The Morgan fingerprint density at radius 1 is 1.00 bits per heavy atom. The topological polar surface area (TPSA) is 0 Å². The summed E-state index contributed by atoms with van der Waals surface area (Å²) in [6.45, 7) is 0. The molecule has 0 aromatic rings. The third kappa shape index (κ3) is 37.2. The first kappa shape index (κ1) is 9.50.